The van der Waals surface area contributed by atoms with Crippen LogP contribution in [0.25, 0.3) is 0 Å². The highest BCUT2D eigenvalue weighted by molar-refractivity contribution is 14.1. The lowest BCUT2D eigenvalue weighted by Crippen LogP contribution is -2.44. The molecule has 0 saturated carbocycles. The molecule has 3 heteroatoms. The average molecular weight is 226 g/mol. The lowest BCUT2D eigenvalue weighted by Gasteiger charge is -2.30. The number of alkyl halides is 1. The van der Waals surface area contributed by atoms with Gasteiger partial charge in [0.25, 0.3) is 0 Å². The van der Waals surface area contributed by atoms with Gasteiger partial charge in [-0.3, -0.25) is 4.79 Å². The molecule has 0 aromatic rings. The first-order valence-corrected chi connectivity index (χ1v) is 4.04. The summed E-state index contributed by atoms with van der Waals surface area (Å²) in [6.45, 7) is 1.90. The first kappa shape index (κ1) is 6.32. The van der Waals surface area contributed by atoms with E-state index < -0.39 is 0 Å². The van der Waals surface area contributed by atoms with Crippen molar-refractivity contribution in [2.75, 3.05) is 4.43 Å². The van der Waals surface area contributed by atoms with Crippen LogP contribution in [0.2, 0.25) is 0 Å². The minimum absolute atomic E-state index is 0.0494. The molecule has 1 fully saturated rings. The van der Waals surface area contributed by atoms with E-state index in [0.29, 0.717) is 0 Å². The predicted octanol–water partition coefficient (Wildman–Crippen LogP) is 0.983. The molecule has 0 bridgehead atoms. The Kier molecular flexibility index (Phi) is 1.74. The van der Waals surface area contributed by atoms with E-state index in [1.54, 1.807) is 0 Å². The van der Waals surface area contributed by atoms with Gasteiger partial charge >= 0.3 is 5.97 Å². The summed E-state index contributed by atoms with van der Waals surface area (Å²) in [5, 5.41) is 0. The summed E-state index contributed by atoms with van der Waals surface area (Å²) < 4.78 is 5.68. The van der Waals surface area contributed by atoms with Crippen LogP contribution in [-0.4, -0.2) is 16.5 Å². The minimum atomic E-state index is -0.0494. The topological polar surface area (TPSA) is 26.3 Å². The molecule has 0 amide bonds. The predicted molar refractivity (Wildman–Crippen MR) is 37.9 cm³/mol. The number of esters is 1. The number of hydrogen-bond acceptors (Lipinski definition) is 2. The van der Waals surface area contributed by atoms with Crippen LogP contribution in [0.15, 0.2) is 0 Å². The fraction of sp³-hybridized carbons (Fsp3) is 0.800. The fourth-order valence-electron chi connectivity index (χ4n) is 0.603. The molecule has 8 heavy (non-hydrogen) atoms. The second kappa shape index (κ2) is 2.21. The molecule has 0 spiro atoms. The van der Waals surface area contributed by atoms with Gasteiger partial charge in [0.15, 0.2) is 0 Å². The first-order valence-electron chi connectivity index (χ1n) is 2.52. The molecule has 0 aliphatic carbocycles. The molecule has 0 unspecified atom stereocenters. The van der Waals surface area contributed by atoms with E-state index in [-0.39, 0.29) is 18.0 Å². The van der Waals surface area contributed by atoms with E-state index in [1.165, 1.54) is 0 Å². The van der Waals surface area contributed by atoms with Crippen molar-refractivity contribution in [2.24, 2.45) is 5.92 Å². The van der Waals surface area contributed by atoms with Gasteiger partial charge in [-0.25, -0.2) is 0 Å². The number of hydrogen-bond donors (Lipinski definition) is 0. The fourth-order valence-corrected chi connectivity index (χ4v) is 1.55. The van der Waals surface area contributed by atoms with E-state index in [1.807, 2.05) is 6.92 Å². The molecular formula is C5H7IO2. The zero-order valence-corrected chi connectivity index (χ0v) is 6.71. The standard InChI is InChI=1S/C5H7IO2/c1-3-4(2-6)8-5(3)7/h3-4H,2H2,1H3/t3-,4-/m0/s1. The summed E-state index contributed by atoms with van der Waals surface area (Å²) in [6.07, 6.45) is 0.197. The van der Waals surface area contributed by atoms with Crippen molar-refractivity contribution in [1.29, 1.82) is 0 Å². The Morgan fingerprint density at radius 3 is 2.62 bits per heavy atom. The molecule has 46 valence electrons. The summed E-state index contributed by atoms with van der Waals surface area (Å²) in [5.41, 5.74) is 0. The summed E-state index contributed by atoms with van der Waals surface area (Å²) in [6, 6.07) is 0. The zero-order chi connectivity index (χ0) is 6.15. The van der Waals surface area contributed by atoms with E-state index in [2.05, 4.69) is 22.6 Å². The highest BCUT2D eigenvalue weighted by Crippen LogP contribution is 2.22. The molecule has 1 aliphatic rings. The summed E-state index contributed by atoms with van der Waals surface area (Å²) in [4.78, 5) is 10.4. The molecular weight excluding hydrogens is 219 g/mol. The van der Waals surface area contributed by atoms with Crippen LogP contribution in [0.3, 0.4) is 0 Å². The summed E-state index contributed by atoms with van der Waals surface area (Å²) >= 11 is 2.21. The van der Waals surface area contributed by atoms with Gasteiger partial charge in [-0.2, -0.15) is 0 Å². The Labute approximate surface area is 61.7 Å². The van der Waals surface area contributed by atoms with Gasteiger partial charge in [0.05, 0.1) is 5.92 Å². The third-order valence-electron chi connectivity index (χ3n) is 1.35. The SMILES string of the molecule is C[C@@H]1C(=O)O[C@H]1CI. The van der Waals surface area contributed by atoms with Crippen LogP contribution in [0.4, 0.5) is 0 Å². The first-order chi connectivity index (χ1) is 3.75. The van der Waals surface area contributed by atoms with E-state index >= 15 is 0 Å². The van der Waals surface area contributed by atoms with Crippen molar-refractivity contribution in [3.63, 3.8) is 0 Å². The van der Waals surface area contributed by atoms with Gasteiger partial charge in [-0.1, -0.05) is 22.6 Å². The highest BCUT2D eigenvalue weighted by Gasteiger charge is 2.37. The molecule has 0 N–H and O–H groups in total. The zero-order valence-electron chi connectivity index (χ0n) is 4.56. The van der Waals surface area contributed by atoms with Gasteiger partial charge in [0.1, 0.15) is 6.10 Å². The molecule has 2 nitrogen and oxygen atoms in total. The molecule has 0 radical (unpaired) electrons. The van der Waals surface area contributed by atoms with Crippen molar-refractivity contribution < 1.29 is 9.53 Å². The van der Waals surface area contributed by atoms with Crippen LogP contribution < -0.4 is 0 Å². The van der Waals surface area contributed by atoms with Crippen LogP contribution in [0.1, 0.15) is 6.92 Å². The van der Waals surface area contributed by atoms with Gasteiger partial charge < -0.3 is 4.74 Å². The number of cyclic esters (lactones) is 1. The minimum Gasteiger partial charge on any atom is -0.460 e. The number of rotatable bonds is 1. The van der Waals surface area contributed by atoms with Gasteiger partial charge in [0.2, 0.25) is 0 Å². The van der Waals surface area contributed by atoms with Crippen molar-refractivity contribution in [1.82, 2.24) is 0 Å². The largest absolute Gasteiger partial charge is 0.460 e. The number of halogens is 1. The molecule has 0 aromatic carbocycles. The highest BCUT2D eigenvalue weighted by atomic mass is 127. The Balaban J connectivity index is 2.35. The molecule has 1 aliphatic heterocycles. The Morgan fingerprint density at radius 1 is 1.88 bits per heavy atom. The van der Waals surface area contributed by atoms with Crippen molar-refractivity contribution in [3.8, 4) is 0 Å². The third-order valence-corrected chi connectivity index (χ3v) is 2.22. The Bertz CT molecular complexity index is 113. The van der Waals surface area contributed by atoms with E-state index in [9.17, 15) is 4.79 Å². The molecule has 1 rings (SSSR count). The number of carbonyl (C=O) groups excluding carboxylic acids is 1. The lowest BCUT2D eigenvalue weighted by atomic mass is 10.0. The van der Waals surface area contributed by atoms with Crippen molar-refractivity contribution >= 4 is 28.6 Å². The normalized spacial score (nSPS) is 36.0. The molecule has 0 aromatic heterocycles. The third kappa shape index (κ3) is 0.831. The second-order valence-electron chi connectivity index (χ2n) is 1.92. The monoisotopic (exact) mass is 226 g/mol. The van der Waals surface area contributed by atoms with Crippen LogP contribution >= 0.6 is 22.6 Å². The lowest BCUT2D eigenvalue weighted by molar-refractivity contribution is -0.178. The van der Waals surface area contributed by atoms with Gasteiger partial charge in [-0.15, -0.1) is 0 Å². The maximum absolute atomic E-state index is 10.4. The molecule has 2 atom stereocenters. The summed E-state index contributed by atoms with van der Waals surface area (Å²) in [7, 11) is 0. The van der Waals surface area contributed by atoms with Crippen LogP contribution in [0.5, 0.6) is 0 Å². The maximum Gasteiger partial charge on any atom is 0.312 e. The van der Waals surface area contributed by atoms with Gasteiger partial charge in [-0.05, 0) is 6.92 Å². The van der Waals surface area contributed by atoms with Crippen LogP contribution in [-0.2, 0) is 9.53 Å². The number of ether oxygens (including phenoxy) is 1. The quantitative estimate of drug-likeness (QED) is 0.378. The molecule has 1 saturated heterocycles. The Morgan fingerprint density at radius 2 is 2.50 bits per heavy atom. The average Bonchev–Trinajstić information content (AvgIpc) is 1.81. The molecule has 1 heterocycles. The number of carbonyl (C=O) groups is 1. The van der Waals surface area contributed by atoms with Crippen molar-refractivity contribution in [2.45, 2.75) is 13.0 Å². The maximum atomic E-state index is 10.4. The van der Waals surface area contributed by atoms with E-state index in [4.69, 9.17) is 4.74 Å². The van der Waals surface area contributed by atoms with E-state index in [0.717, 1.165) is 4.43 Å². The smallest absolute Gasteiger partial charge is 0.312 e. The van der Waals surface area contributed by atoms with Crippen molar-refractivity contribution in [3.05, 3.63) is 0 Å². The van der Waals surface area contributed by atoms with Gasteiger partial charge in [0, 0.05) is 4.43 Å². The van der Waals surface area contributed by atoms with Crippen LogP contribution in [0, 0.1) is 5.92 Å². The Hall–Kier alpha value is 0.200. The second-order valence-corrected chi connectivity index (χ2v) is 2.80. The summed E-state index contributed by atoms with van der Waals surface area (Å²) in [5.74, 6) is 0.0959.